The minimum Gasteiger partial charge on any atom is -0.465 e. The summed E-state index contributed by atoms with van der Waals surface area (Å²) >= 11 is 0. The van der Waals surface area contributed by atoms with E-state index in [0.717, 1.165) is 37.4 Å². The van der Waals surface area contributed by atoms with Gasteiger partial charge >= 0.3 is 5.97 Å². The van der Waals surface area contributed by atoms with Gasteiger partial charge in [-0.15, -0.1) is 0 Å². The molecule has 1 unspecified atom stereocenters. The van der Waals surface area contributed by atoms with Gasteiger partial charge in [0.05, 0.1) is 19.8 Å². The fraction of sp³-hybridized carbons (Fsp3) is 0.588. The number of aryl methyl sites for hydroxylation is 2. The first-order valence-corrected chi connectivity index (χ1v) is 7.88. The van der Waals surface area contributed by atoms with E-state index < -0.39 is 6.04 Å². The number of rotatable bonds is 5. The van der Waals surface area contributed by atoms with E-state index in [1.165, 1.54) is 11.3 Å². The molecule has 0 saturated carbocycles. The zero-order valence-corrected chi connectivity index (χ0v) is 13.7. The fourth-order valence-corrected chi connectivity index (χ4v) is 2.80. The number of hydrogen-bond acceptors (Lipinski definition) is 5. The van der Waals surface area contributed by atoms with Crippen molar-refractivity contribution in [3.05, 3.63) is 28.8 Å². The Morgan fingerprint density at radius 3 is 2.64 bits per heavy atom. The summed E-state index contributed by atoms with van der Waals surface area (Å²) in [7, 11) is 0. The summed E-state index contributed by atoms with van der Waals surface area (Å²) in [6, 6.07) is 3.72. The Morgan fingerprint density at radius 2 is 2.00 bits per heavy atom. The monoisotopic (exact) mass is 306 g/mol. The van der Waals surface area contributed by atoms with Gasteiger partial charge in [0.2, 0.25) is 0 Å². The summed E-state index contributed by atoms with van der Waals surface area (Å²) in [6.45, 7) is 9.70. The van der Waals surface area contributed by atoms with Crippen LogP contribution in [0.1, 0.15) is 23.6 Å². The number of benzene rings is 1. The molecule has 1 aliphatic heterocycles. The first kappa shape index (κ1) is 16.8. The van der Waals surface area contributed by atoms with Crippen molar-refractivity contribution in [2.24, 2.45) is 5.73 Å². The topological polar surface area (TPSA) is 64.8 Å². The molecule has 1 heterocycles. The predicted octanol–water partition coefficient (Wildman–Crippen LogP) is 1.57. The van der Waals surface area contributed by atoms with E-state index in [0.29, 0.717) is 13.0 Å². The van der Waals surface area contributed by atoms with Crippen LogP contribution in [0.3, 0.4) is 0 Å². The highest BCUT2D eigenvalue weighted by molar-refractivity contribution is 5.76. The predicted molar refractivity (Wildman–Crippen MR) is 87.3 cm³/mol. The summed E-state index contributed by atoms with van der Waals surface area (Å²) in [5.74, 6) is -0.336. The minimum absolute atomic E-state index is 0.336. The number of carbonyl (C=O) groups is 1. The van der Waals surface area contributed by atoms with Crippen LogP contribution >= 0.6 is 0 Å². The van der Waals surface area contributed by atoms with Crippen LogP contribution in [0, 0.1) is 13.8 Å². The lowest BCUT2D eigenvalue weighted by atomic mass is 9.97. The molecule has 1 saturated heterocycles. The summed E-state index contributed by atoms with van der Waals surface area (Å²) in [5.41, 5.74) is 10.7. The summed E-state index contributed by atoms with van der Waals surface area (Å²) in [6.07, 6.45) is 0.509. The SMILES string of the molecule is CCOC(=O)C(N)Cc1cc(C)c(N2CCOCC2)cc1C. The zero-order valence-electron chi connectivity index (χ0n) is 13.7. The first-order valence-electron chi connectivity index (χ1n) is 7.88. The summed E-state index contributed by atoms with van der Waals surface area (Å²) < 4.78 is 10.4. The Bertz CT molecular complexity index is 525. The standard InChI is InChI=1S/C17H26N2O3/c1-4-22-17(20)15(18)11-14-9-13(3)16(10-12(14)2)19-5-7-21-8-6-19/h9-10,15H,4-8,11,18H2,1-3H3. The lowest BCUT2D eigenvalue weighted by Gasteiger charge is -2.31. The number of anilines is 1. The van der Waals surface area contributed by atoms with Gasteiger partial charge < -0.3 is 20.1 Å². The van der Waals surface area contributed by atoms with Gasteiger partial charge in [-0.05, 0) is 49.9 Å². The first-order chi connectivity index (χ1) is 10.5. The van der Waals surface area contributed by atoms with Crippen LogP contribution in [-0.2, 0) is 20.7 Å². The molecular weight excluding hydrogens is 280 g/mol. The molecule has 0 aliphatic carbocycles. The maximum atomic E-state index is 11.7. The van der Waals surface area contributed by atoms with Crippen molar-refractivity contribution in [2.75, 3.05) is 37.8 Å². The average molecular weight is 306 g/mol. The largest absolute Gasteiger partial charge is 0.465 e. The second kappa shape index (κ2) is 7.61. The van der Waals surface area contributed by atoms with Crippen LogP contribution in [0.25, 0.3) is 0 Å². The van der Waals surface area contributed by atoms with Crippen LogP contribution in [0.5, 0.6) is 0 Å². The van der Waals surface area contributed by atoms with E-state index in [4.69, 9.17) is 15.2 Å². The normalized spacial score (nSPS) is 16.5. The van der Waals surface area contributed by atoms with Crippen molar-refractivity contribution in [3.8, 4) is 0 Å². The van der Waals surface area contributed by atoms with Gasteiger partial charge in [-0.1, -0.05) is 6.07 Å². The third-order valence-corrected chi connectivity index (χ3v) is 4.04. The van der Waals surface area contributed by atoms with Gasteiger partial charge in [0.1, 0.15) is 6.04 Å². The van der Waals surface area contributed by atoms with Crippen molar-refractivity contribution in [3.63, 3.8) is 0 Å². The van der Waals surface area contributed by atoms with E-state index in [9.17, 15) is 4.79 Å². The highest BCUT2D eigenvalue weighted by atomic mass is 16.5. The van der Waals surface area contributed by atoms with Crippen LogP contribution in [0.4, 0.5) is 5.69 Å². The summed E-state index contributed by atoms with van der Waals surface area (Å²) in [4.78, 5) is 14.0. The molecule has 122 valence electrons. The molecule has 0 aromatic heterocycles. The number of esters is 1. The van der Waals surface area contributed by atoms with Crippen LogP contribution in [-0.4, -0.2) is 44.9 Å². The average Bonchev–Trinajstić information content (AvgIpc) is 2.51. The fourth-order valence-electron chi connectivity index (χ4n) is 2.80. The number of morpholine rings is 1. The molecule has 0 amide bonds. The molecule has 5 heteroatoms. The van der Waals surface area contributed by atoms with Crippen molar-refractivity contribution < 1.29 is 14.3 Å². The maximum Gasteiger partial charge on any atom is 0.323 e. The van der Waals surface area contributed by atoms with Gasteiger partial charge in [0.15, 0.2) is 0 Å². The van der Waals surface area contributed by atoms with Gasteiger partial charge in [-0.25, -0.2) is 0 Å². The maximum absolute atomic E-state index is 11.7. The highest BCUT2D eigenvalue weighted by Gasteiger charge is 2.19. The molecule has 1 aliphatic rings. The Kier molecular flexibility index (Phi) is 5.80. The lowest BCUT2D eigenvalue weighted by molar-refractivity contribution is -0.144. The molecular formula is C17H26N2O3. The van der Waals surface area contributed by atoms with Crippen LogP contribution in [0.2, 0.25) is 0 Å². The Balaban J connectivity index is 2.13. The Hall–Kier alpha value is -1.59. The summed E-state index contributed by atoms with van der Waals surface area (Å²) in [5, 5.41) is 0. The van der Waals surface area contributed by atoms with Crippen molar-refractivity contribution >= 4 is 11.7 Å². The van der Waals surface area contributed by atoms with Crippen LogP contribution < -0.4 is 10.6 Å². The molecule has 1 fully saturated rings. The molecule has 0 radical (unpaired) electrons. The van der Waals surface area contributed by atoms with Gasteiger partial charge in [-0.2, -0.15) is 0 Å². The molecule has 1 atom stereocenters. The van der Waals surface area contributed by atoms with Gasteiger partial charge in [0, 0.05) is 18.8 Å². The lowest BCUT2D eigenvalue weighted by Crippen LogP contribution is -2.37. The molecule has 2 N–H and O–H groups in total. The molecule has 1 aromatic carbocycles. The Labute approximate surface area is 132 Å². The van der Waals surface area contributed by atoms with Crippen molar-refractivity contribution in [2.45, 2.75) is 33.2 Å². The number of ether oxygens (including phenoxy) is 2. The number of hydrogen-bond donors (Lipinski definition) is 1. The number of nitrogens with two attached hydrogens (primary N) is 1. The van der Waals surface area contributed by atoms with Gasteiger partial charge in [-0.3, -0.25) is 4.79 Å². The van der Waals surface area contributed by atoms with E-state index in [1.54, 1.807) is 6.92 Å². The Morgan fingerprint density at radius 1 is 1.32 bits per heavy atom. The molecule has 1 aromatic rings. The molecule has 22 heavy (non-hydrogen) atoms. The smallest absolute Gasteiger partial charge is 0.323 e. The van der Waals surface area contributed by atoms with Gasteiger partial charge in [0.25, 0.3) is 0 Å². The van der Waals surface area contributed by atoms with E-state index >= 15 is 0 Å². The third kappa shape index (κ3) is 3.99. The number of carbonyl (C=O) groups excluding carboxylic acids is 1. The van der Waals surface area contributed by atoms with E-state index in [1.807, 2.05) is 0 Å². The quantitative estimate of drug-likeness (QED) is 0.837. The van der Waals surface area contributed by atoms with Crippen molar-refractivity contribution in [1.82, 2.24) is 0 Å². The second-order valence-corrected chi connectivity index (χ2v) is 5.73. The molecule has 2 rings (SSSR count). The second-order valence-electron chi connectivity index (χ2n) is 5.73. The van der Waals surface area contributed by atoms with E-state index in [-0.39, 0.29) is 5.97 Å². The van der Waals surface area contributed by atoms with Crippen molar-refractivity contribution in [1.29, 1.82) is 0 Å². The minimum atomic E-state index is -0.604. The third-order valence-electron chi connectivity index (χ3n) is 4.04. The zero-order chi connectivity index (χ0) is 16.1. The van der Waals surface area contributed by atoms with Crippen LogP contribution in [0.15, 0.2) is 12.1 Å². The van der Waals surface area contributed by atoms with E-state index in [2.05, 4.69) is 30.9 Å². The number of nitrogens with zero attached hydrogens (tertiary/aromatic N) is 1. The highest BCUT2D eigenvalue weighted by Crippen LogP contribution is 2.26. The molecule has 5 nitrogen and oxygen atoms in total. The molecule has 0 bridgehead atoms. The molecule has 0 spiro atoms.